The molecule has 0 unspecified atom stereocenters. The Morgan fingerprint density at radius 1 is 1.13 bits per heavy atom. The monoisotopic (exact) mass is 318 g/mol. The normalized spacial score (nSPS) is 16.2. The third-order valence-corrected chi connectivity index (χ3v) is 3.62. The van der Waals surface area contributed by atoms with Crippen LogP contribution in [0.25, 0.3) is 5.57 Å². The van der Waals surface area contributed by atoms with Crippen LogP contribution in [0.15, 0.2) is 72.4 Å². The van der Waals surface area contributed by atoms with Crippen molar-refractivity contribution in [3.8, 4) is 0 Å². The van der Waals surface area contributed by atoms with Gasteiger partial charge in [-0.25, -0.2) is 8.78 Å². The quantitative estimate of drug-likeness (QED) is 0.687. The number of hydrogen-bond acceptors (Lipinski definition) is 1. The van der Waals surface area contributed by atoms with Gasteiger partial charge in [-0.2, -0.15) is 0 Å². The first-order valence-electron chi connectivity index (χ1n) is 7.56. The lowest BCUT2D eigenvalue weighted by Gasteiger charge is -2.26. The van der Waals surface area contributed by atoms with Crippen molar-refractivity contribution >= 4 is 5.57 Å². The zero-order valence-electron chi connectivity index (χ0n) is 14.0. The predicted octanol–water partition coefficient (Wildman–Crippen LogP) is 5.90. The summed E-state index contributed by atoms with van der Waals surface area (Å²) < 4.78 is 28.2. The molecule has 0 fully saturated rings. The molecule has 124 valence electrons. The number of hydrogen-bond donors (Lipinski definition) is 1. The largest absolute Gasteiger partial charge is 0.386 e. The molecule has 1 aromatic rings. The third kappa shape index (κ3) is 4.49. The van der Waals surface area contributed by atoms with E-state index in [9.17, 15) is 13.9 Å². The molecule has 0 heterocycles. The molecule has 1 aromatic carbocycles. The van der Waals surface area contributed by atoms with Crippen molar-refractivity contribution in [1.29, 1.82) is 0 Å². The molecule has 1 aliphatic rings. The Morgan fingerprint density at radius 2 is 1.70 bits per heavy atom. The van der Waals surface area contributed by atoms with Crippen LogP contribution in [-0.2, 0) is 0 Å². The number of benzene rings is 1. The van der Waals surface area contributed by atoms with Crippen molar-refractivity contribution in [1.82, 2.24) is 0 Å². The Bertz CT molecular complexity index is 631. The van der Waals surface area contributed by atoms with Gasteiger partial charge in [0.25, 0.3) is 0 Å². The smallest absolute Gasteiger partial charge is 0.129 e. The summed E-state index contributed by atoms with van der Waals surface area (Å²) in [4.78, 5) is 0. The zero-order chi connectivity index (χ0) is 17.6. The number of rotatable bonds is 3. The Kier molecular flexibility index (Phi) is 6.64. The van der Waals surface area contributed by atoms with Crippen LogP contribution in [0.5, 0.6) is 0 Å². The second kappa shape index (κ2) is 8.02. The van der Waals surface area contributed by atoms with Crippen LogP contribution in [-0.4, -0.2) is 10.7 Å². The topological polar surface area (TPSA) is 20.2 Å². The van der Waals surface area contributed by atoms with Crippen LogP contribution in [0.1, 0.15) is 39.2 Å². The lowest BCUT2D eigenvalue weighted by Crippen LogP contribution is -2.23. The van der Waals surface area contributed by atoms with Crippen molar-refractivity contribution in [2.75, 3.05) is 0 Å². The van der Waals surface area contributed by atoms with Gasteiger partial charge in [0, 0.05) is 12.0 Å². The first-order chi connectivity index (χ1) is 10.8. The molecule has 1 nitrogen and oxygen atoms in total. The van der Waals surface area contributed by atoms with Gasteiger partial charge in [-0.05, 0) is 50.0 Å². The molecule has 0 spiro atoms. The highest BCUT2D eigenvalue weighted by Gasteiger charge is 2.28. The molecular formula is C20H24F2O. The molecule has 0 amide bonds. The number of halogens is 2. The van der Waals surface area contributed by atoms with Crippen molar-refractivity contribution in [3.05, 3.63) is 77.9 Å². The molecule has 0 saturated carbocycles. The lowest BCUT2D eigenvalue weighted by atomic mass is 9.83. The maximum Gasteiger partial charge on any atom is 0.129 e. The fourth-order valence-corrected chi connectivity index (χ4v) is 2.82. The van der Waals surface area contributed by atoms with E-state index >= 15 is 0 Å². The van der Waals surface area contributed by atoms with Gasteiger partial charge in [0.05, 0.1) is 5.60 Å². The van der Waals surface area contributed by atoms with Gasteiger partial charge in [-0.1, -0.05) is 30.3 Å². The van der Waals surface area contributed by atoms with Crippen molar-refractivity contribution < 1.29 is 13.9 Å². The van der Waals surface area contributed by atoms with Crippen LogP contribution >= 0.6 is 0 Å². The summed E-state index contributed by atoms with van der Waals surface area (Å²) in [6.45, 7) is 10.9. The van der Waals surface area contributed by atoms with Crippen LogP contribution in [0, 0.1) is 0 Å². The zero-order valence-corrected chi connectivity index (χ0v) is 14.0. The van der Waals surface area contributed by atoms with E-state index in [0.717, 1.165) is 5.56 Å². The average molecular weight is 318 g/mol. The highest BCUT2D eigenvalue weighted by Crippen LogP contribution is 2.39. The van der Waals surface area contributed by atoms with E-state index in [1.165, 1.54) is 6.08 Å². The molecule has 0 saturated heterocycles. The standard InChI is InChI=1S/C18H20F2O.C2H4/c1-12(16-14(19)10-7-11-15(16)20)17(18(2,3)21)13-8-5-4-6-9-13;1-2/h4-6,8-10,21H,7,11H2,1-3H3;1-2H2/b17-12+;. The molecule has 0 aromatic heterocycles. The van der Waals surface area contributed by atoms with Gasteiger partial charge >= 0.3 is 0 Å². The van der Waals surface area contributed by atoms with Gasteiger partial charge in [-0.15, -0.1) is 13.2 Å². The minimum Gasteiger partial charge on any atom is -0.386 e. The maximum atomic E-state index is 14.1. The highest BCUT2D eigenvalue weighted by atomic mass is 19.1. The van der Waals surface area contributed by atoms with Crippen molar-refractivity contribution in [2.45, 2.75) is 39.2 Å². The summed E-state index contributed by atoms with van der Waals surface area (Å²) in [5, 5.41) is 10.5. The SMILES string of the molecule is C/C(C1=C(F)CCC=C1F)=C(/c1ccccc1)C(C)(C)O.C=C. The Balaban J connectivity index is 0.00000127. The summed E-state index contributed by atoms with van der Waals surface area (Å²) in [7, 11) is 0. The summed E-state index contributed by atoms with van der Waals surface area (Å²) in [5.74, 6) is -1.00. The summed E-state index contributed by atoms with van der Waals surface area (Å²) in [5.41, 5.74) is 0.540. The Labute approximate surface area is 137 Å². The fraction of sp³-hybridized carbons (Fsp3) is 0.300. The van der Waals surface area contributed by atoms with E-state index in [1.807, 2.05) is 30.3 Å². The van der Waals surface area contributed by atoms with Gasteiger partial charge in [-0.3, -0.25) is 0 Å². The fourth-order valence-electron chi connectivity index (χ4n) is 2.82. The second-order valence-electron chi connectivity index (χ2n) is 5.80. The minimum atomic E-state index is -1.20. The van der Waals surface area contributed by atoms with Gasteiger partial charge in [0.1, 0.15) is 11.7 Å². The molecule has 0 radical (unpaired) electrons. The molecule has 0 atom stereocenters. The van der Waals surface area contributed by atoms with E-state index < -0.39 is 17.3 Å². The summed E-state index contributed by atoms with van der Waals surface area (Å²) in [6, 6.07) is 9.21. The van der Waals surface area contributed by atoms with E-state index in [1.54, 1.807) is 20.8 Å². The molecule has 2 rings (SSSR count). The molecule has 1 aliphatic carbocycles. The molecular weight excluding hydrogens is 294 g/mol. The highest BCUT2D eigenvalue weighted by molar-refractivity contribution is 5.78. The van der Waals surface area contributed by atoms with Crippen LogP contribution in [0.3, 0.4) is 0 Å². The first-order valence-corrected chi connectivity index (χ1v) is 7.56. The first kappa shape index (κ1) is 19.0. The van der Waals surface area contributed by atoms with Crippen LogP contribution < -0.4 is 0 Å². The Morgan fingerprint density at radius 3 is 2.17 bits per heavy atom. The van der Waals surface area contributed by atoms with E-state index in [0.29, 0.717) is 17.6 Å². The molecule has 23 heavy (non-hydrogen) atoms. The summed E-state index contributed by atoms with van der Waals surface area (Å²) in [6.07, 6.45) is 1.97. The molecule has 0 aliphatic heterocycles. The lowest BCUT2D eigenvalue weighted by molar-refractivity contribution is 0.143. The van der Waals surface area contributed by atoms with Gasteiger partial charge in [0.15, 0.2) is 0 Å². The van der Waals surface area contributed by atoms with Gasteiger partial charge < -0.3 is 5.11 Å². The van der Waals surface area contributed by atoms with Crippen molar-refractivity contribution in [2.24, 2.45) is 0 Å². The van der Waals surface area contributed by atoms with Crippen LogP contribution in [0.2, 0.25) is 0 Å². The van der Waals surface area contributed by atoms with Crippen molar-refractivity contribution in [3.63, 3.8) is 0 Å². The number of allylic oxidation sites excluding steroid dienone is 5. The predicted molar refractivity (Wildman–Crippen MR) is 93.1 cm³/mol. The molecule has 3 heteroatoms. The number of aliphatic hydroxyl groups is 1. The minimum absolute atomic E-state index is 0.0118. The molecule has 1 N–H and O–H groups in total. The summed E-state index contributed by atoms with van der Waals surface area (Å²) >= 11 is 0. The van der Waals surface area contributed by atoms with Gasteiger partial charge in [0.2, 0.25) is 0 Å². The third-order valence-electron chi connectivity index (χ3n) is 3.62. The van der Waals surface area contributed by atoms with E-state index in [4.69, 9.17) is 0 Å². The molecule has 0 bridgehead atoms. The van der Waals surface area contributed by atoms with E-state index in [2.05, 4.69) is 13.2 Å². The van der Waals surface area contributed by atoms with E-state index in [-0.39, 0.29) is 12.0 Å². The van der Waals surface area contributed by atoms with Crippen LogP contribution in [0.4, 0.5) is 8.78 Å². The average Bonchev–Trinajstić information content (AvgIpc) is 2.49. The Hall–Kier alpha value is -2.00. The maximum absolute atomic E-state index is 14.1. The second-order valence-corrected chi connectivity index (χ2v) is 5.80.